The summed E-state index contributed by atoms with van der Waals surface area (Å²) in [5, 5.41) is 11.9. The topological polar surface area (TPSA) is 62.2 Å². The molecule has 0 bridgehead atoms. The standard InChI is InChI=1S/C12H11BrN2O2S/c13-10-3-2-9(18-10)5-6-14-11-4-1-8(7-15-11)12(16)17/h1-4,7H,5-6H2,(H,14,15)(H,16,17). The number of aromatic nitrogens is 1. The molecular weight excluding hydrogens is 316 g/mol. The lowest BCUT2D eigenvalue weighted by Crippen LogP contribution is -2.06. The highest BCUT2D eigenvalue weighted by atomic mass is 79.9. The average Bonchev–Trinajstić information content (AvgIpc) is 2.76. The van der Waals surface area contributed by atoms with Gasteiger partial charge in [-0.2, -0.15) is 0 Å². The first kappa shape index (κ1) is 13.0. The van der Waals surface area contributed by atoms with Gasteiger partial charge in [-0.05, 0) is 46.6 Å². The van der Waals surface area contributed by atoms with Gasteiger partial charge in [0.1, 0.15) is 5.82 Å². The van der Waals surface area contributed by atoms with Gasteiger partial charge in [0.2, 0.25) is 0 Å². The van der Waals surface area contributed by atoms with Crippen LogP contribution in [0, 0.1) is 0 Å². The molecule has 0 aromatic carbocycles. The molecule has 0 spiro atoms. The van der Waals surface area contributed by atoms with Crippen LogP contribution in [0.4, 0.5) is 5.82 Å². The minimum Gasteiger partial charge on any atom is -0.478 e. The Labute approximate surface area is 117 Å². The summed E-state index contributed by atoms with van der Waals surface area (Å²) in [6, 6.07) is 7.32. The molecule has 0 saturated heterocycles. The van der Waals surface area contributed by atoms with E-state index in [0.29, 0.717) is 5.82 Å². The van der Waals surface area contributed by atoms with E-state index in [2.05, 4.69) is 32.3 Å². The van der Waals surface area contributed by atoms with Gasteiger partial charge in [-0.15, -0.1) is 11.3 Å². The van der Waals surface area contributed by atoms with Crippen LogP contribution >= 0.6 is 27.3 Å². The number of hydrogen-bond acceptors (Lipinski definition) is 4. The number of nitrogens with one attached hydrogen (secondary N) is 1. The molecular formula is C12H11BrN2O2S. The largest absolute Gasteiger partial charge is 0.478 e. The number of rotatable bonds is 5. The van der Waals surface area contributed by atoms with Gasteiger partial charge in [0.25, 0.3) is 0 Å². The fourth-order valence-electron chi connectivity index (χ4n) is 1.42. The van der Waals surface area contributed by atoms with Gasteiger partial charge >= 0.3 is 5.97 Å². The Hall–Kier alpha value is -1.40. The second-order valence-corrected chi connectivity index (χ2v) is 6.17. The first-order valence-electron chi connectivity index (χ1n) is 5.32. The van der Waals surface area contributed by atoms with E-state index in [1.54, 1.807) is 23.5 Å². The van der Waals surface area contributed by atoms with Gasteiger partial charge in [-0.25, -0.2) is 9.78 Å². The van der Waals surface area contributed by atoms with Crippen molar-refractivity contribution >= 4 is 39.1 Å². The maximum atomic E-state index is 10.7. The van der Waals surface area contributed by atoms with Crippen molar-refractivity contribution in [3.8, 4) is 0 Å². The van der Waals surface area contributed by atoms with Crippen LogP contribution < -0.4 is 5.32 Å². The van der Waals surface area contributed by atoms with E-state index < -0.39 is 5.97 Å². The number of hydrogen-bond donors (Lipinski definition) is 2. The molecule has 0 aliphatic rings. The zero-order valence-electron chi connectivity index (χ0n) is 9.39. The Morgan fingerprint density at radius 3 is 2.78 bits per heavy atom. The molecule has 2 N–H and O–H groups in total. The van der Waals surface area contributed by atoms with Crippen molar-refractivity contribution in [2.24, 2.45) is 0 Å². The summed E-state index contributed by atoms with van der Waals surface area (Å²) in [7, 11) is 0. The van der Waals surface area contributed by atoms with Crippen LogP contribution in [0.2, 0.25) is 0 Å². The fourth-order valence-corrected chi connectivity index (χ4v) is 2.91. The third kappa shape index (κ3) is 3.54. The predicted octanol–water partition coefficient (Wildman–Crippen LogP) is 3.26. The minimum absolute atomic E-state index is 0.197. The summed E-state index contributed by atoms with van der Waals surface area (Å²) in [5.41, 5.74) is 0.197. The van der Waals surface area contributed by atoms with Gasteiger partial charge in [-0.3, -0.25) is 0 Å². The monoisotopic (exact) mass is 326 g/mol. The van der Waals surface area contributed by atoms with Gasteiger partial charge in [0.15, 0.2) is 0 Å². The van der Waals surface area contributed by atoms with Crippen molar-refractivity contribution in [1.82, 2.24) is 4.98 Å². The van der Waals surface area contributed by atoms with Crippen LogP contribution in [0.1, 0.15) is 15.2 Å². The van der Waals surface area contributed by atoms with Crippen LogP contribution in [0.15, 0.2) is 34.2 Å². The van der Waals surface area contributed by atoms with Crippen LogP contribution in [-0.2, 0) is 6.42 Å². The Balaban J connectivity index is 1.85. The molecule has 0 unspecified atom stereocenters. The number of aromatic carboxylic acids is 1. The van der Waals surface area contributed by atoms with Gasteiger partial charge in [0.05, 0.1) is 9.35 Å². The number of thiophene rings is 1. The molecule has 18 heavy (non-hydrogen) atoms. The molecule has 2 aromatic heterocycles. The van der Waals surface area contributed by atoms with Crippen LogP contribution in [-0.4, -0.2) is 22.6 Å². The number of carbonyl (C=O) groups is 1. The summed E-state index contributed by atoms with van der Waals surface area (Å²) in [4.78, 5) is 16.0. The Morgan fingerprint density at radius 2 is 2.22 bits per heavy atom. The van der Waals surface area contributed by atoms with Crippen molar-refractivity contribution in [2.45, 2.75) is 6.42 Å². The van der Waals surface area contributed by atoms with Crippen molar-refractivity contribution in [2.75, 3.05) is 11.9 Å². The first-order chi connectivity index (χ1) is 8.65. The second kappa shape index (κ2) is 5.97. The molecule has 2 aromatic rings. The number of pyridine rings is 1. The zero-order chi connectivity index (χ0) is 13.0. The Bertz CT molecular complexity index is 539. The normalized spacial score (nSPS) is 10.3. The van der Waals surface area contributed by atoms with E-state index in [1.165, 1.54) is 11.1 Å². The Morgan fingerprint density at radius 1 is 1.39 bits per heavy atom. The molecule has 0 amide bonds. The number of carboxylic acid groups (broad SMARTS) is 1. The summed E-state index contributed by atoms with van der Waals surface area (Å²) < 4.78 is 1.13. The molecule has 0 saturated carbocycles. The lowest BCUT2D eigenvalue weighted by atomic mass is 10.3. The molecule has 0 aliphatic carbocycles. The SMILES string of the molecule is O=C(O)c1ccc(NCCc2ccc(Br)s2)nc1. The van der Waals surface area contributed by atoms with E-state index in [1.807, 2.05) is 6.07 Å². The van der Waals surface area contributed by atoms with Gasteiger partial charge < -0.3 is 10.4 Å². The van der Waals surface area contributed by atoms with E-state index in [-0.39, 0.29) is 5.56 Å². The predicted molar refractivity (Wildman–Crippen MR) is 75.4 cm³/mol. The molecule has 0 radical (unpaired) electrons. The molecule has 6 heteroatoms. The van der Waals surface area contributed by atoms with E-state index in [4.69, 9.17) is 5.11 Å². The number of halogens is 1. The fraction of sp³-hybridized carbons (Fsp3) is 0.167. The van der Waals surface area contributed by atoms with Crippen LogP contribution in [0.5, 0.6) is 0 Å². The highest BCUT2D eigenvalue weighted by molar-refractivity contribution is 9.11. The summed E-state index contributed by atoms with van der Waals surface area (Å²) in [5.74, 6) is -0.270. The summed E-state index contributed by atoms with van der Waals surface area (Å²) in [6.45, 7) is 0.770. The maximum absolute atomic E-state index is 10.7. The third-order valence-corrected chi connectivity index (χ3v) is 4.00. The van der Waals surface area contributed by atoms with Crippen molar-refractivity contribution in [3.63, 3.8) is 0 Å². The number of anilines is 1. The molecule has 0 atom stereocenters. The molecule has 4 nitrogen and oxygen atoms in total. The van der Waals surface area contributed by atoms with E-state index in [0.717, 1.165) is 16.8 Å². The third-order valence-electron chi connectivity index (χ3n) is 2.32. The zero-order valence-corrected chi connectivity index (χ0v) is 11.8. The molecule has 2 rings (SSSR count). The highest BCUT2D eigenvalue weighted by Crippen LogP contribution is 2.22. The van der Waals surface area contributed by atoms with Gasteiger partial charge in [-0.1, -0.05) is 0 Å². The molecule has 94 valence electrons. The van der Waals surface area contributed by atoms with Gasteiger partial charge in [0, 0.05) is 17.6 Å². The highest BCUT2D eigenvalue weighted by Gasteiger charge is 2.03. The second-order valence-electron chi connectivity index (χ2n) is 3.62. The first-order valence-corrected chi connectivity index (χ1v) is 6.93. The van der Waals surface area contributed by atoms with E-state index in [9.17, 15) is 4.79 Å². The van der Waals surface area contributed by atoms with Crippen molar-refractivity contribution < 1.29 is 9.90 Å². The average molecular weight is 327 g/mol. The molecule has 0 fully saturated rings. The summed E-state index contributed by atoms with van der Waals surface area (Å²) >= 11 is 5.13. The Kier molecular flexibility index (Phi) is 4.33. The summed E-state index contributed by atoms with van der Waals surface area (Å²) in [6.07, 6.45) is 2.27. The van der Waals surface area contributed by atoms with Crippen molar-refractivity contribution in [3.05, 3.63) is 44.7 Å². The number of nitrogens with zero attached hydrogens (tertiary/aromatic N) is 1. The van der Waals surface area contributed by atoms with Crippen LogP contribution in [0.3, 0.4) is 0 Å². The minimum atomic E-state index is -0.961. The lowest BCUT2D eigenvalue weighted by molar-refractivity contribution is 0.0696. The molecule has 0 aliphatic heterocycles. The molecule has 2 heterocycles. The smallest absolute Gasteiger partial charge is 0.337 e. The van der Waals surface area contributed by atoms with E-state index >= 15 is 0 Å². The lowest BCUT2D eigenvalue weighted by Gasteiger charge is -2.04. The maximum Gasteiger partial charge on any atom is 0.337 e. The van der Waals surface area contributed by atoms with Crippen LogP contribution in [0.25, 0.3) is 0 Å². The van der Waals surface area contributed by atoms with Crippen molar-refractivity contribution in [1.29, 1.82) is 0 Å². The number of carboxylic acids is 1. The quantitative estimate of drug-likeness (QED) is 0.885.